The summed E-state index contributed by atoms with van der Waals surface area (Å²) in [5, 5.41) is 0. The van der Waals surface area contributed by atoms with Gasteiger partial charge in [0.2, 0.25) is 10.0 Å². The molecule has 0 radical (unpaired) electrons. The van der Waals surface area contributed by atoms with Gasteiger partial charge in [0.1, 0.15) is 5.75 Å². The van der Waals surface area contributed by atoms with Crippen molar-refractivity contribution in [2.75, 3.05) is 27.8 Å². The highest BCUT2D eigenvalue weighted by Gasteiger charge is 2.25. The number of sulfonamides is 1. The maximum Gasteiger partial charge on any atom is 0.309 e. The molecular formula is C13H19NO5S. The van der Waals surface area contributed by atoms with Gasteiger partial charge in [0.25, 0.3) is 0 Å². The molecule has 0 amide bonds. The molecule has 20 heavy (non-hydrogen) atoms. The number of esters is 1. The quantitative estimate of drug-likeness (QED) is 0.736. The van der Waals surface area contributed by atoms with Crippen molar-refractivity contribution in [1.29, 1.82) is 0 Å². The smallest absolute Gasteiger partial charge is 0.309 e. The van der Waals surface area contributed by atoms with E-state index in [1.54, 1.807) is 19.1 Å². The summed E-state index contributed by atoms with van der Waals surface area (Å²) in [5.41, 5.74) is 0. The van der Waals surface area contributed by atoms with E-state index < -0.39 is 21.9 Å². The molecule has 112 valence electrons. The zero-order valence-corrected chi connectivity index (χ0v) is 12.8. The van der Waals surface area contributed by atoms with E-state index in [1.807, 2.05) is 0 Å². The number of nitrogens with zero attached hydrogens (tertiary/aromatic N) is 1. The number of methoxy groups -OCH3 is 2. The summed E-state index contributed by atoms with van der Waals surface area (Å²) < 4.78 is 35.5. The van der Waals surface area contributed by atoms with Crippen LogP contribution in [0.25, 0.3) is 0 Å². The van der Waals surface area contributed by atoms with Gasteiger partial charge in [-0.15, -0.1) is 0 Å². The Morgan fingerprint density at radius 2 is 2.00 bits per heavy atom. The molecule has 1 aromatic carbocycles. The minimum absolute atomic E-state index is 0.0478. The van der Waals surface area contributed by atoms with E-state index in [-0.39, 0.29) is 11.4 Å². The highest BCUT2D eigenvalue weighted by Crippen LogP contribution is 2.20. The zero-order valence-electron chi connectivity index (χ0n) is 12.0. The van der Waals surface area contributed by atoms with Crippen LogP contribution in [-0.4, -0.2) is 46.5 Å². The second kappa shape index (κ2) is 6.71. The summed E-state index contributed by atoms with van der Waals surface area (Å²) in [6.07, 6.45) is 0. The van der Waals surface area contributed by atoms with Crippen LogP contribution in [0.5, 0.6) is 5.75 Å². The summed E-state index contributed by atoms with van der Waals surface area (Å²) in [6, 6.07) is 6.19. The average molecular weight is 301 g/mol. The Kier molecular flexibility index (Phi) is 5.52. The lowest BCUT2D eigenvalue weighted by Crippen LogP contribution is -2.34. The topological polar surface area (TPSA) is 72.9 Å². The Balaban J connectivity index is 2.95. The first-order valence-electron chi connectivity index (χ1n) is 6.01. The van der Waals surface area contributed by atoms with Crippen LogP contribution in [0, 0.1) is 5.92 Å². The molecule has 0 aromatic heterocycles. The van der Waals surface area contributed by atoms with Gasteiger partial charge in [0.15, 0.2) is 0 Å². The molecule has 0 fully saturated rings. The molecule has 0 aliphatic carbocycles. The summed E-state index contributed by atoms with van der Waals surface area (Å²) >= 11 is 0. The van der Waals surface area contributed by atoms with Crippen LogP contribution in [0.2, 0.25) is 0 Å². The van der Waals surface area contributed by atoms with Crippen molar-refractivity contribution >= 4 is 16.0 Å². The third kappa shape index (κ3) is 3.71. The van der Waals surface area contributed by atoms with E-state index in [0.29, 0.717) is 5.75 Å². The molecule has 0 N–H and O–H groups in total. The molecule has 1 unspecified atom stereocenters. The Hall–Kier alpha value is -1.60. The second-order valence-electron chi connectivity index (χ2n) is 4.39. The largest absolute Gasteiger partial charge is 0.497 e. The summed E-state index contributed by atoms with van der Waals surface area (Å²) in [4.78, 5) is 11.5. The van der Waals surface area contributed by atoms with Gasteiger partial charge in [-0.1, -0.05) is 13.0 Å². The lowest BCUT2D eigenvalue weighted by molar-refractivity contribution is -0.144. The molecule has 1 rings (SSSR count). The van der Waals surface area contributed by atoms with Crippen molar-refractivity contribution in [3.05, 3.63) is 24.3 Å². The van der Waals surface area contributed by atoms with Crippen molar-refractivity contribution in [1.82, 2.24) is 4.31 Å². The van der Waals surface area contributed by atoms with Crippen molar-refractivity contribution in [2.24, 2.45) is 5.92 Å². The average Bonchev–Trinajstić information content (AvgIpc) is 2.46. The van der Waals surface area contributed by atoms with E-state index in [1.165, 1.54) is 33.4 Å². The number of carbonyl (C=O) groups is 1. The van der Waals surface area contributed by atoms with Crippen molar-refractivity contribution in [3.63, 3.8) is 0 Å². The Bertz CT molecular complexity index is 570. The highest BCUT2D eigenvalue weighted by atomic mass is 32.2. The van der Waals surface area contributed by atoms with Gasteiger partial charge in [0, 0.05) is 19.7 Å². The predicted octanol–water partition coefficient (Wildman–Crippen LogP) is 1.12. The minimum atomic E-state index is -3.66. The van der Waals surface area contributed by atoms with Gasteiger partial charge in [0.05, 0.1) is 25.0 Å². The number of hydrogen-bond donors (Lipinski definition) is 0. The molecule has 0 bridgehead atoms. The minimum Gasteiger partial charge on any atom is -0.497 e. The molecule has 1 aromatic rings. The number of ether oxygens (including phenoxy) is 2. The van der Waals surface area contributed by atoms with Gasteiger partial charge in [-0.2, -0.15) is 0 Å². The molecule has 7 heteroatoms. The molecule has 1 atom stereocenters. The van der Waals surface area contributed by atoms with Crippen LogP contribution in [0.3, 0.4) is 0 Å². The first-order valence-corrected chi connectivity index (χ1v) is 7.45. The van der Waals surface area contributed by atoms with E-state index in [4.69, 9.17) is 4.74 Å². The lowest BCUT2D eigenvalue weighted by Gasteiger charge is -2.20. The zero-order chi connectivity index (χ0) is 15.3. The first-order chi connectivity index (χ1) is 9.32. The van der Waals surface area contributed by atoms with Crippen LogP contribution in [0.4, 0.5) is 0 Å². The Morgan fingerprint density at radius 3 is 2.55 bits per heavy atom. The Morgan fingerprint density at radius 1 is 1.35 bits per heavy atom. The third-order valence-electron chi connectivity index (χ3n) is 2.88. The van der Waals surface area contributed by atoms with Crippen molar-refractivity contribution in [3.8, 4) is 5.75 Å². The number of benzene rings is 1. The van der Waals surface area contributed by atoms with Crippen LogP contribution < -0.4 is 4.74 Å². The maximum absolute atomic E-state index is 12.4. The third-order valence-corrected chi connectivity index (χ3v) is 4.70. The predicted molar refractivity (Wildman–Crippen MR) is 74.0 cm³/mol. The number of hydrogen-bond acceptors (Lipinski definition) is 5. The molecule has 0 heterocycles. The van der Waals surface area contributed by atoms with Gasteiger partial charge in [-0.25, -0.2) is 12.7 Å². The molecule has 0 aliphatic heterocycles. The number of rotatable bonds is 6. The summed E-state index contributed by atoms with van der Waals surface area (Å²) in [7, 11) is 0.502. The summed E-state index contributed by atoms with van der Waals surface area (Å²) in [5.74, 6) is -0.524. The lowest BCUT2D eigenvalue weighted by atomic mass is 10.2. The van der Waals surface area contributed by atoms with Gasteiger partial charge in [-0.3, -0.25) is 4.79 Å². The fourth-order valence-electron chi connectivity index (χ4n) is 1.70. The van der Waals surface area contributed by atoms with Crippen molar-refractivity contribution < 1.29 is 22.7 Å². The van der Waals surface area contributed by atoms with E-state index in [0.717, 1.165) is 4.31 Å². The van der Waals surface area contributed by atoms with Crippen LogP contribution in [0.1, 0.15) is 6.92 Å². The molecule has 0 aliphatic rings. The van der Waals surface area contributed by atoms with E-state index >= 15 is 0 Å². The SMILES string of the molecule is COC(=O)C(C)CN(C)S(=O)(=O)c1cccc(OC)c1. The standard InChI is InChI=1S/C13H19NO5S/c1-10(13(15)19-4)9-14(2)20(16,17)12-7-5-6-11(8-12)18-3/h5-8,10H,9H2,1-4H3. The fraction of sp³-hybridized carbons (Fsp3) is 0.462. The van der Waals surface area contributed by atoms with E-state index in [2.05, 4.69) is 4.74 Å². The first kappa shape index (κ1) is 16.5. The van der Waals surface area contributed by atoms with Crippen LogP contribution >= 0.6 is 0 Å². The fourth-order valence-corrected chi connectivity index (χ4v) is 3.00. The monoisotopic (exact) mass is 301 g/mol. The molecule has 0 saturated carbocycles. The molecule has 0 saturated heterocycles. The van der Waals surface area contributed by atoms with Crippen molar-refractivity contribution in [2.45, 2.75) is 11.8 Å². The summed E-state index contributed by atoms with van der Waals surface area (Å²) in [6.45, 7) is 1.66. The van der Waals surface area contributed by atoms with Crippen LogP contribution in [-0.2, 0) is 19.6 Å². The molecule has 6 nitrogen and oxygen atoms in total. The Labute approximate surface area is 119 Å². The van der Waals surface area contributed by atoms with Gasteiger partial charge >= 0.3 is 5.97 Å². The molecular weight excluding hydrogens is 282 g/mol. The van der Waals surface area contributed by atoms with Crippen LogP contribution in [0.15, 0.2) is 29.2 Å². The highest BCUT2D eigenvalue weighted by molar-refractivity contribution is 7.89. The normalized spacial score (nSPS) is 13.1. The maximum atomic E-state index is 12.4. The van der Waals surface area contributed by atoms with Gasteiger partial charge < -0.3 is 9.47 Å². The van der Waals surface area contributed by atoms with E-state index in [9.17, 15) is 13.2 Å². The number of carbonyl (C=O) groups excluding carboxylic acids is 1. The van der Waals surface area contributed by atoms with Gasteiger partial charge in [-0.05, 0) is 12.1 Å². The second-order valence-corrected chi connectivity index (χ2v) is 6.43. The molecule has 0 spiro atoms.